The molecule has 0 amide bonds. The number of benzene rings is 2. The van der Waals surface area contributed by atoms with Gasteiger partial charge in [0.1, 0.15) is 12.4 Å². The summed E-state index contributed by atoms with van der Waals surface area (Å²) in [5.74, 6) is 0.647. The number of carbonyl (C=O) groups is 1. The molecule has 0 fully saturated rings. The molecule has 0 aliphatic carbocycles. The van der Waals surface area contributed by atoms with E-state index in [9.17, 15) is 9.59 Å². The Morgan fingerprint density at radius 3 is 2.68 bits per heavy atom. The van der Waals surface area contributed by atoms with Crippen molar-refractivity contribution in [3.05, 3.63) is 69.8 Å². The van der Waals surface area contributed by atoms with E-state index >= 15 is 0 Å². The molecule has 0 aliphatic rings. The van der Waals surface area contributed by atoms with Crippen LogP contribution in [0.1, 0.15) is 28.7 Å². The number of rotatable bonds is 6. The average molecular weight is 380 g/mol. The molecule has 3 aromatic rings. The Morgan fingerprint density at radius 1 is 1.18 bits per heavy atom. The molecule has 0 atom stereocenters. The van der Waals surface area contributed by atoms with Gasteiger partial charge in [-0.15, -0.1) is 0 Å². The van der Waals surface area contributed by atoms with Crippen LogP contribution >= 0.6 is 0 Å². The van der Waals surface area contributed by atoms with Gasteiger partial charge in [0.25, 0.3) is 5.56 Å². The van der Waals surface area contributed by atoms with Gasteiger partial charge >= 0.3 is 5.97 Å². The molecule has 0 aliphatic heterocycles. The molecule has 0 saturated heterocycles. The van der Waals surface area contributed by atoms with Crippen molar-refractivity contribution in [3.8, 4) is 11.5 Å². The maximum Gasteiger partial charge on any atom is 0.338 e. The maximum absolute atomic E-state index is 12.5. The quantitative estimate of drug-likeness (QED) is 0.660. The predicted octanol–water partition coefficient (Wildman–Crippen LogP) is 3.33. The largest absolute Gasteiger partial charge is 0.493 e. The molecule has 0 bridgehead atoms. The molecule has 1 aromatic heterocycles. The van der Waals surface area contributed by atoms with Crippen LogP contribution in [-0.4, -0.2) is 30.2 Å². The standard InChI is InChI=1S/C21H20N2O5/c1-4-7-13-10-14(11-17(26-2)19(13)27-3)21(25)28-12-18-22-16-9-6-5-8-15(16)20(24)23-18/h4-11H,12H2,1-3H3,(H,22,23,24)/b7-4+. The van der Waals surface area contributed by atoms with Gasteiger partial charge in [-0.1, -0.05) is 24.3 Å². The van der Waals surface area contributed by atoms with Gasteiger partial charge < -0.3 is 19.2 Å². The Hall–Kier alpha value is -3.61. The fourth-order valence-corrected chi connectivity index (χ4v) is 2.84. The number of nitrogens with zero attached hydrogens (tertiary/aromatic N) is 1. The Bertz CT molecular complexity index is 1100. The molecule has 7 heteroatoms. The lowest BCUT2D eigenvalue weighted by atomic mass is 10.1. The molecule has 28 heavy (non-hydrogen) atoms. The summed E-state index contributed by atoms with van der Waals surface area (Å²) >= 11 is 0. The fourth-order valence-electron chi connectivity index (χ4n) is 2.84. The van der Waals surface area contributed by atoms with Crippen molar-refractivity contribution in [2.24, 2.45) is 0 Å². The van der Waals surface area contributed by atoms with Crippen molar-refractivity contribution in [3.63, 3.8) is 0 Å². The van der Waals surface area contributed by atoms with Crippen LogP contribution in [0.2, 0.25) is 0 Å². The van der Waals surface area contributed by atoms with E-state index in [-0.39, 0.29) is 18.0 Å². The smallest absolute Gasteiger partial charge is 0.338 e. The van der Waals surface area contributed by atoms with E-state index < -0.39 is 5.97 Å². The number of methoxy groups -OCH3 is 2. The third kappa shape index (κ3) is 3.88. The molecule has 0 spiro atoms. The van der Waals surface area contributed by atoms with Crippen molar-refractivity contribution in [2.45, 2.75) is 13.5 Å². The van der Waals surface area contributed by atoms with E-state index in [1.807, 2.05) is 13.0 Å². The molecule has 7 nitrogen and oxygen atoms in total. The van der Waals surface area contributed by atoms with Crippen LogP contribution < -0.4 is 15.0 Å². The zero-order chi connectivity index (χ0) is 20.1. The summed E-state index contributed by atoms with van der Waals surface area (Å²) in [6, 6.07) is 10.2. The van der Waals surface area contributed by atoms with Crippen molar-refractivity contribution < 1.29 is 19.0 Å². The number of aromatic amines is 1. The normalized spacial score (nSPS) is 11.0. The minimum atomic E-state index is -0.567. The third-order valence-electron chi connectivity index (χ3n) is 4.09. The van der Waals surface area contributed by atoms with Crippen LogP contribution in [0.5, 0.6) is 11.5 Å². The molecule has 0 radical (unpaired) electrons. The summed E-state index contributed by atoms with van der Waals surface area (Å²) < 4.78 is 16.0. The number of aromatic nitrogens is 2. The zero-order valence-corrected chi connectivity index (χ0v) is 15.8. The average Bonchev–Trinajstić information content (AvgIpc) is 2.71. The first-order valence-electron chi connectivity index (χ1n) is 8.61. The Morgan fingerprint density at radius 2 is 1.96 bits per heavy atom. The Kier molecular flexibility index (Phi) is 5.74. The van der Waals surface area contributed by atoms with E-state index in [0.29, 0.717) is 33.5 Å². The number of hydrogen-bond donors (Lipinski definition) is 1. The molecular weight excluding hydrogens is 360 g/mol. The lowest BCUT2D eigenvalue weighted by molar-refractivity contribution is 0.0462. The number of H-pyrrole nitrogens is 1. The molecule has 1 N–H and O–H groups in total. The topological polar surface area (TPSA) is 90.5 Å². The SMILES string of the molecule is C/C=C/c1cc(C(=O)OCc2nc3ccccc3c(=O)[nH]2)cc(OC)c1OC. The first kappa shape index (κ1) is 19.2. The first-order chi connectivity index (χ1) is 13.6. The van der Waals surface area contributed by atoms with Crippen LogP contribution in [0.15, 0.2) is 47.3 Å². The molecule has 0 unspecified atom stereocenters. The van der Waals surface area contributed by atoms with Gasteiger partial charge in [-0.25, -0.2) is 9.78 Å². The summed E-state index contributed by atoms with van der Waals surface area (Å²) in [5, 5.41) is 0.480. The van der Waals surface area contributed by atoms with Gasteiger partial charge in [-0.05, 0) is 31.2 Å². The highest BCUT2D eigenvalue weighted by Gasteiger charge is 2.16. The van der Waals surface area contributed by atoms with Crippen LogP contribution in [0.4, 0.5) is 0 Å². The monoisotopic (exact) mass is 380 g/mol. The van der Waals surface area contributed by atoms with Crippen LogP contribution in [0.25, 0.3) is 17.0 Å². The van der Waals surface area contributed by atoms with E-state index in [1.165, 1.54) is 14.2 Å². The minimum Gasteiger partial charge on any atom is -0.493 e. The number of allylic oxidation sites excluding steroid dienone is 1. The zero-order valence-electron chi connectivity index (χ0n) is 15.8. The molecule has 3 rings (SSSR count). The fraction of sp³-hybridized carbons (Fsp3) is 0.190. The van der Waals surface area contributed by atoms with Crippen LogP contribution in [0.3, 0.4) is 0 Å². The van der Waals surface area contributed by atoms with Gasteiger partial charge in [0.05, 0.1) is 30.7 Å². The second-order valence-corrected chi connectivity index (χ2v) is 5.91. The van der Waals surface area contributed by atoms with Gasteiger partial charge in [-0.3, -0.25) is 4.79 Å². The molecule has 144 valence electrons. The number of fused-ring (bicyclic) bond motifs is 1. The number of esters is 1. The summed E-state index contributed by atoms with van der Waals surface area (Å²) in [6.07, 6.45) is 3.64. The highest BCUT2D eigenvalue weighted by molar-refractivity contribution is 5.91. The van der Waals surface area contributed by atoms with Gasteiger partial charge in [0.2, 0.25) is 0 Å². The maximum atomic E-state index is 12.5. The van der Waals surface area contributed by atoms with Gasteiger partial charge in [0, 0.05) is 5.56 Å². The number of hydrogen-bond acceptors (Lipinski definition) is 6. The number of carbonyl (C=O) groups excluding carboxylic acids is 1. The number of nitrogens with one attached hydrogen (secondary N) is 1. The number of ether oxygens (including phenoxy) is 3. The van der Waals surface area contributed by atoms with Crippen molar-refractivity contribution in [2.75, 3.05) is 14.2 Å². The van der Waals surface area contributed by atoms with Gasteiger partial charge in [0.15, 0.2) is 11.5 Å². The van der Waals surface area contributed by atoms with Crippen LogP contribution in [0, 0.1) is 0 Å². The molecule has 2 aromatic carbocycles. The summed E-state index contributed by atoms with van der Waals surface area (Å²) in [7, 11) is 3.03. The highest BCUT2D eigenvalue weighted by Crippen LogP contribution is 2.33. The lowest BCUT2D eigenvalue weighted by Crippen LogP contribution is -2.14. The van der Waals surface area contributed by atoms with Crippen molar-refractivity contribution in [1.82, 2.24) is 9.97 Å². The Labute approximate surface area is 161 Å². The first-order valence-corrected chi connectivity index (χ1v) is 8.61. The van der Waals surface area contributed by atoms with Crippen LogP contribution in [-0.2, 0) is 11.3 Å². The molecular formula is C21H20N2O5. The van der Waals surface area contributed by atoms with Crippen molar-refractivity contribution in [1.29, 1.82) is 0 Å². The van der Waals surface area contributed by atoms with E-state index in [4.69, 9.17) is 14.2 Å². The summed E-state index contributed by atoms with van der Waals surface area (Å²) in [4.78, 5) is 31.6. The predicted molar refractivity (Wildman–Crippen MR) is 106 cm³/mol. The van der Waals surface area contributed by atoms with E-state index in [0.717, 1.165) is 0 Å². The third-order valence-corrected chi connectivity index (χ3v) is 4.09. The molecule has 0 saturated carbocycles. The minimum absolute atomic E-state index is 0.161. The van der Waals surface area contributed by atoms with Gasteiger partial charge in [-0.2, -0.15) is 0 Å². The second kappa shape index (κ2) is 8.39. The second-order valence-electron chi connectivity index (χ2n) is 5.91. The molecule has 1 heterocycles. The van der Waals surface area contributed by atoms with E-state index in [2.05, 4.69) is 9.97 Å². The number of para-hydroxylation sites is 1. The summed E-state index contributed by atoms with van der Waals surface area (Å²) in [5.41, 5.74) is 1.25. The summed E-state index contributed by atoms with van der Waals surface area (Å²) in [6.45, 7) is 1.70. The van der Waals surface area contributed by atoms with E-state index in [1.54, 1.807) is 42.5 Å². The van der Waals surface area contributed by atoms with Crippen molar-refractivity contribution >= 4 is 22.9 Å². The lowest BCUT2D eigenvalue weighted by Gasteiger charge is -2.13. The highest BCUT2D eigenvalue weighted by atomic mass is 16.5. The Balaban J connectivity index is 1.85.